The molecule has 0 unspecified atom stereocenters. The Bertz CT molecular complexity index is 562. The zero-order chi connectivity index (χ0) is 13.8. The zero-order valence-corrected chi connectivity index (χ0v) is 10.7. The maximum absolute atomic E-state index is 13.1. The lowest BCUT2D eigenvalue weighted by Crippen LogP contribution is -2.06. The van der Waals surface area contributed by atoms with Crippen LogP contribution in [-0.2, 0) is 6.42 Å². The largest absolute Gasteiger partial charge is 0.399 e. The van der Waals surface area contributed by atoms with Crippen LogP contribution in [0.4, 0.5) is 20.2 Å². The zero-order valence-electron chi connectivity index (χ0n) is 10.7. The summed E-state index contributed by atoms with van der Waals surface area (Å²) in [6.45, 7) is 2.51. The van der Waals surface area contributed by atoms with Crippen LogP contribution in [0.3, 0.4) is 0 Å². The normalized spacial score (nSPS) is 10.5. The molecule has 2 nitrogen and oxygen atoms in total. The van der Waals surface area contributed by atoms with Gasteiger partial charge in [0.05, 0.1) is 0 Å². The fourth-order valence-corrected chi connectivity index (χ4v) is 2.00. The highest BCUT2D eigenvalue weighted by atomic mass is 19.1. The number of nitrogen functional groups attached to an aromatic ring is 1. The smallest absolute Gasteiger partial charge is 0.127 e. The van der Waals surface area contributed by atoms with Gasteiger partial charge in [-0.05, 0) is 54.8 Å². The molecule has 3 N–H and O–H groups in total. The molecular weight excluding hydrogens is 246 g/mol. The molecular formula is C15H16F2N2. The molecule has 0 bridgehead atoms. The molecule has 0 amide bonds. The van der Waals surface area contributed by atoms with E-state index in [0.717, 1.165) is 17.5 Å². The highest BCUT2D eigenvalue weighted by Gasteiger charge is 2.01. The molecule has 2 aromatic carbocycles. The Labute approximate surface area is 111 Å². The van der Waals surface area contributed by atoms with Gasteiger partial charge in [-0.1, -0.05) is 6.07 Å². The molecule has 0 aliphatic rings. The van der Waals surface area contributed by atoms with Crippen LogP contribution in [0.5, 0.6) is 0 Å². The van der Waals surface area contributed by atoms with Gasteiger partial charge in [0.25, 0.3) is 0 Å². The van der Waals surface area contributed by atoms with Crippen molar-refractivity contribution >= 4 is 11.4 Å². The first kappa shape index (κ1) is 13.3. The second-order valence-electron chi connectivity index (χ2n) is 4.52. The minimum absolute atomic E-state index is 0.230. The average molecular weight is 262 g/mol. The van der Waals surface area contributed by atoms with E-state index in [4.69, 9.17) is 5.73 Å². The average Bonchev–Trinajstić information content (AvgIpc) is 2.30. The highest BCUT2D eigenvalue weighted by Crippen LogP contribution is 2.16. The third-order valence-corrected chi connectivity index (χ3v) is 2.95. The Balaban J connectivity index is 1.96. The van der Waals surface area contributed by atoms with Crippen LogP contribution in [-0.4, -0.2) is 6.54 Å². The van der Waals surface area contributed by atoms with Crippen LogP contribution in [0.1, 0.15) is 11.1 Å². The maximum Gasteiger partial charge on any atom is 0.127 e. The molecule has 0 atom stereocenters. The number of rotatable bonds is 4. The van der Waals surface area contributed by atoms with Crippen molar-refractivity contribution < 1.29 is 8.78 Å². The molecule has 0 fully saturated rings. The van der Waals surface area contributed by atoms with Gasteiger partial charge in [0.1, 0.15) is 11.6 Å². The number of hydrogen-bond acceptors (Lipinski definition) is 2. The number of halogens is 2. The predicted molar refractivity (Wildman–Crippen MR) is 74.1 cm³/mol. The van der Waals surface area contributed by atoms with Gasteiger partial charge in [-0.2, -0.15) is 0 Å². The summed E-state index contributed by atoms with van der Waals surface area (Å²) in [5.74, 6) is -0.590. The topological polar surface area (TPSA) is 38.0 Å². The third-order valence-electron chi connectivity index (χ3n) is 2.95. The molecule has 0 heterocycles. The minimum Gasteiger partial charge on any atom is -0.399 e. The van der Waals surface area contributed by atoms with E-state index in [1.54, 1.807) is 12.1 Å². The van der Waals surface area contributed by atoms with Crippen molar-refractivity contribution in [3.63, 3.8) is 0 Å². The molecule has 0 spiro atoms. The molecule has 0 aliphatic heterocycles. The summed E-state index contributed by atoms with van der Waals surface area (Å²) in [7, 11) is 0. The summed E-state index contributed by atoms with van der Waals surface area (Å²) in [6.07, 6.45) is 0.739. The van der Waals surface area contributed by atoms with E-state index in [0.29, 0.717) is 17.9 Å². The summed E-state index contributed by atoms with van der Waals surface area (Å²) >= 11 is 0. The monoisotopic (exact) mass is 262 g/mol. The molecule has 2 aromatic rings. The predicted octanol–water partition coefficient (Wildman–Crippen LogP) is 3.51. The van der Waals surface area contributed by atoms with Crippen LogP contribution >= 0.6 is 0 Å². The van der Waals surface area contributed by atoms with Gasteiger partial charge < -0.3 is 11.1 Å². The van der Waals surface area contributed by atoms with E-state index in [9.17, 15) is 8.78 Å². The quantitative estimate of drug-likeness (QED) is 0.827. The van der Waals surface area contributed by atoms with E-state index in [1.165, 1.54) is 24.3 Å². The van der Waals surface area contributed by atoms with Crippen molar-refractivity contribution in [3.05, 3.63) is 59.2 Å². The summed E-state index contributed by atoms with van der Waals surface area (Å²) < 4.78 is 26.1. The highest BCUT2D eigenvalue weighted by molar-refractivity contribution is 5.54. The van der Waals surface area contributed by atoms with Crippen LogP contribution in [0.2, 0.25) is 0 Å². The van der Waals surface area contributed by atoms with Gasteiger partial charge in [-0.3, -0.25) is 0 Å². The van der Waals surface area contributed by atoms with E-state index in [-0.39, 0.29) is 11.6 Å². The summed E-state index contributed by atoms with van der Waals surface area (Å²) in [4.78, 5) is 0. The van der Waals surface area contributed by atoms with Crippen molar-refractivity contribution in [1.29, 1.82) is 0 Å². The number of nitrogens with two attached hydrogens (primary N) is 1. The lowest BCUT2D eigenvalue weighted by molar-refractivity contribution is 0.625. The summed E-state index contributed by atoms with van der Waals surface area (Å²) in [5.41, 5.74) is 8.59. The summed E-state index contributed by atoms with van der Waals surface area (Å²) in [5, 5.41) is 3.10. The van der Waals surface area contributed by atoms with Crippen LogP contribution < -0.4 is 11.1 Å². The van der Waals surface area contributed by atoms with Gasteiger partial charge in [-0.15, -0.1) is 0 Å². The molecule has 2 rings (SSSR count). The third kappa shape index (κ3) is 3.68. The van der Waals surface area contributed by atoms with Crippen LogP contribution in [0.15, 0.2) is 36.4 Å². The number of aryl methyl sites for hydroxylation is 1. The van der Waals surface area contributed by atoms with Crippen LogP contribution in [0.25, 0.3) is 0 Å². The number of nitrogens with one attached hydrogen (secondary N) is 1. The van der Waals surface area contributed by atoms with Gasteiger partial charge >= 0.3 is 0 Å². The molecule has 0 aromatic heterocycles. The fourth-order valence-electron chi connectivity index (χ4n) is 2.00. The first-order chi connectivity index (χ1) is 9.04. The fraction of sp³-hybridized carbons (Fsp3) is 0.200. The molecule has 0 radical (unpaired) electrons. The Morgan fingerprint density at radius 1 is 1.05 bits per heavy atom. The number of anilines is 2. The lowest BCUT2D eigenvalue weighted by Gasteiger charge is -2.09. The van der Waals surface area contributed by atoms with Crippen molar-refractivity contribution in [1.82, 2.24) is 0 Å². The van der Waals surface area contributed by atoms with Crippen molar-refractivity contribution in [3.8, 4) is 0 Å². The van der Waals surface area contributed by atoms with Gasteiger partial charge in [-0.25, -0.2) is 8.78 Å². The number of hydrogen-bond donors (Lipinski definition) is 2. The Kier molecular flexibility index (Phi) is 4.00. The molecule has 4 heteroatoms. The molecule has 0 saturated carbocycles. The standard InChI is InChI=1S/C15H16F2N2/c1-10-6-12(16)3-2-11(10)4-5-19-15-8-13(17)7-14(18)9-15/h2-3,6-9,19H,4-5,18H2,1H3. The first-order valence-corrected chi connectivity index (χ1v) is 6.09. The molecule has 100 valence electrons. The molecule has 19 heavy (non-hydrogen) atoms. The van der Waals surface area contributed by atoms with E-state index < -0.39 is 0 Å². The van der Waals surface area contributed by atoms with Gasteiger partial charge in [0.15, 0.2) is 0 Å². The van der Waals surface area contributed by atoms with Crippen molar-refractivity contribution in [2.45, 2.75) is 13.3 Å². The first-order valence-electron chi connectivity index (χ1n) is 6.09. The SMILES string of the molecule is Cc1cc(F)ccc1CCNc1cc(N)cc(F)c1. The molecule has 0 aliphatic carbocycles. The van der Waals surface area contributed by atoms with E-state index in [2.05, 4.69) is 5.32 Å². The second kappa shape index (κ2) is 5.69. The number of benzene rings is 2. The maximum atomic E-state index is 13.1. The lowest BCUT2D eigenvalue weighted by atomic mass is 10.1. The minimum atomic E-state index is -0.361. The van der Waals surface area contributed by atoms with Crippen molar-refractivity contribution in [2.24, 2.45) is 0 Å². The Morgan fingerprint density at radius 3 is 2.53 bits per heavy atom. The Morgan fingerprint density at radius 2 is 1.84 bits per heavy atom. The van der Waals surface area contributed by atoms with E-state index >= 15 is 0 Å². The van der Waals surface area contributed by atoms with Crippen LogP contribution in [0, 0.1) is 18.6 Å². The molecule has 0 saturated heterocycles. The van der Waals surface area contributed by atoms with Gasteiger partial charge in [0.2, 0.25) is 0 Å². The van der Waals surface area contributed by atoms with Gasteiger partial charge in [0, 0.05) is 17.9 Å². The Hall–Kier alpha value is -2.10. The van der Waals surface area contributed by atoms with Crippen molar-refractivity contribution in [2.75, 3.05) is 17.6 Å². The summed E-state index contributed by atoms with van der Waals surface area (Å²) in [6, 6.07) is 9.08. The van der Waals surface area contributed by atoms with E-state index in [1.807, 2.05) is 6.92 Å². The second-order valence-corrected chi connectivity index (χ2v) is 4.52.